The van der Waals surface area contributed by atoms with Crippen molar-refractivity contribution in [1.29, 1.82) is 0 Å². The van der Waals surface area contributed by atoms with Gasteiger partial charge in [-0.15, -0.1) is 11.3 Å². The molecule has 0 aliphatic heterocycles. The van der Waals surface area contributed by atoms with Crippen LogP contribution in [-0.4, -0.2) is 23.5 Å². The zero-order chi connectivity index (χ0) is 12.4. The van der Waals surface area contributed by atoms with Crippen LogP contribution < -0.4 is 5.73 Å². The standard InChI is InChI=1S/C14H24N2S/c1-4-12(15)13(14-10(3)8-9-17-14)16(5-2)11-6-7-11/h8-9,11-13H,4-7,15H2,1-3H3. The first-order valence-electron chi connectivity index (χ1n) is 6.74. The largest absolute Gasteiger partial charge is 0.326 e. The summed E-state index contributed by atoms with van der Waals surface area (Å²) >= 11 is 1.87. The highest BCUT2D eigenvalue weighted by molar-refractivity contribution is 7.10. The second kappa shape index (κ2) is 5.51. The van der Waals surface area contributed by atoms with Gasteiger partial charge in [0.1, 0.15) is 0 Å². The normalized spacial score (nSPS) is 19.6. The van der Waals surface area contributed by atoms with E-state index in [1.807, 2.05) is 11.3 Å². The van der Waals surface area contributed by atoms with Crippen molar-refractivity contribution in [3.05, 3.63) is 21.9 Å². The highest BCUT2D eigenvalue weighted by Gasteiger charge is 2.36. The molecule has 2 atom stereocenters. The second-order valence-electron chi connectivity index (χ2n) is 5.05. The number of hydrogen-bond acceptors (Lipinski definition) is 3. The highest BCUT2D eigenvalue weighted by atomic mass is 32.1. The maximum absolute atomic E-state index is 6.38. The van der Waals surface area contributed by atoms with Crippen molar-refractivity contribution < 1.29 is 0 Å². The molecule has 0 aromatic carbocycles. The van der Waals surface area contributed by atoms with Gasteiger partial charge in [-0.2, -0.15) is 0 Å². The highest BCUT2D eigenvalue weighted by Crippen LogP contribution is 2.38. The first kappa shape index (κ1) is 13.1. The number of hydrogen-bond donors (Lipinski definition) is 1. The summed E-state index contributed by atoms with van der Waals surface area (Å²) in [6.45, 7) is 7.78. The lowest BCUT2D eigenvalue weighted by molar-refractivity contribution is 0.170. The number of aryl methyl sites for hydroxylation is 1. The summed E-state index contributed by atoms with van der Waals surface area (Å²) in [4.78, 5) is 4.10. The lowest BCUT2D eigenvalue weighted by Crippen LogP contribution is -2.41. The fraction of sp³-hybridized carbons (Fsp3) is 0.714. The average molecular weight is 252 g/mol. The smallest absolute Gasteiger partial charge is 0.0598 e. The van der Waals surface area contributed by atoms with Crippen molar-refractivity contribution in [3.63, 3.8) is 0 Å². The Balaban J connectivity index is 2.26. The Morgan fingerprint density at radius 1 is 1.47 bits per heavy atom. The van der Waals surface area contributed by atoms with E-state index in [0.717, 1.165) is 19.0 Å². The zero-order valence-electron chi connectivity index (χ0n) is 11.1. The van der Waals surface area contributed by atoms with Gasteiger partial charge >= 0.3 is 0 Å². The van der Waals surface area contributed by atoms with Crippen LogP contribution in [0.4, 0.5) is 0 Å². The molecule has 0 saturated heterocycles. The molecule has 2 unspecified atom stereocenters. The molecule has 0 amide bonds. The Labute approximate surface area is 109 Å². The van der Waals surface area contributed by atoms with E-state index < -0.39 is 0 Å². The van der Waals surface area contributed by atoms with Gasteiger partial charge in [-0.25, -0.2) is 0 Å². The van der Waals surface area contributed by atoms with Crippen molar-refractivity contribution in [2.45, 2.75) is 58.2 Å². The van der Waals surface area contributed by atoms with Crippen molar-refractivity contribution >= 4 is 11.3 Å². The van der Waals surface area contributed by atoms with Gasteiger partial charge in [0.15, 0.2) is 0 Å². The van der Waals surface area contributed by atoms with Crippen LogP contribution in [0, 0.1) is 6.92 Å². The summed E-state index contributed by atoms with van der Waals surface area (Å²) in [5.41, 5.74) is 7.79. The van der Waals surface area contributed by atoms with Gasteiger partial charge in [-0.05, 0) is 49.7 Å². The summed E-state index contributed by atoms with van der Waals surface area (Å²) < 4.78 is 0. The summed E-state index contributed by atoms with van der Waals surface area (Å²) in [5, 5.41) is 2.20. The molecule has 0 spiro atoms. The summed E-state index contributed by atoms with van der Waals surface area (Å²) in [5.74, 6) is 0. The van der Waals surface area contributed by atoms with E-state index in [0.29, 0.717) is 6.04 Å². The Kier molecular flexibility index (Phi) is 4.23. The van der Waals surface area contributed by atoms with Crippen LogP contribution in [0.2, 0.25) is 0 Å². The van der Waals surface area contributed by atoms with Crippen LogP contribution in [0.1, 0.15) is 49.6 Å². The number of rotatable bonds is 6. The fourth-order valence-electron chi connectivity index (χ4n) is 2.59. The van der Waals surface area contributed by atoms with E-state index in [-0.39, 0.29) is 6.04 Å². The summed E-state index contributed by atoms with van der Waals surface area (Å²) in [6, 6.07) is 3.69. The first-order valence-corrected chi connectivity index (χ1v) is 7.62. The molecule has 3 heteroatoms. The number of nitrogens with two attached hydrogens (primary N) is 1. The maximum Gasteiger partial charge on any atom is 0.0598 e. The third kappa shape index (κ3) is 2.72. The summed E-state index contributed by atoms with van der Waals surface area (Å²) in [7, 11) is 0. The molecular weight excluding hydrogens is 228 g/mol. The van der Waals surface area contributed by atoms with Crippen LogP contribution in [0.15, 0.2) is 11.4 Å². The number of thiophene rings is 1. The second-order valence-corrected chi connectivity index (χ2v) is 5.99. The molecule has 1 aliphatic carbocycles. The predicted octanol–water partition coefficient (Wildman–Crippen LogP) is 3.32. The Morgan fingerprint density at radius 3 is 2.59 bits per heavy atom. The lowest BCUT2D eigenvalue weighted by atomic mass is 10.0. The van der Waals surface area contributed by atoms with Gasteiger partial charge in [0.25, 0.3) is 0 Å². The molecule has 1 aromatic heterocycles. The molecule has 1 heterocycles. The molecule has 1 aromatic rings. The van der Waals surface area contributed by atoms with E-state index in [4.69, 9.17) is 5.73 Å². The third-order valence-corrected chi connectivity index (χ3v) is 4.88. The molecule has 2 N–H and O–H groups in total. The van der Waals surface area contributed by atoms with Crippen LogP contribution in [0.25, 0.3) is 0 Å². The van der Waals surface area contributed by atoms with Crippen LogP contribution in [0.5, 0.6) is 0 Å². The minimum Gasteiger partial charge on any atom is -0.326 e. The third-order valence-electron chi connectivity index (χ3n) is 3.79. The molecule has 0 bridgehead atoms. The lowest BCUT2D eigenvalue weighted by Gasteiger charge is -2.34. The van der Waals surface area contributed by atoms with Gasteiger partial charge < -0.3 is 5.73 Å². The minimum absolute atomic E-state index is 0.257. The molecule has 1 fully saturated rings. The van der Waals surface area contributed by atoms with E-state index in [1.165, 1.54) is 23.3 Å². The Bertz CT molecular complexity index is 357. The fourth-order valence-corrected chi connectivity index (χ4v) is 3.71. The molecule has 2 rings (SSSR count). The SMILES string of the molecule is CCC(N)C(c1sccc1C)N(CC)C1CC1. The molecule has 96 valence electrons. The van der Waals surface area contributed by atoms with E-state index in [2.05, 4.69) is 37.1 Å². The first-order chi connectivity index (χ1) is 8.19. The van der Waals surface area contributed by atoms with Crippen LogP contribution in [-0.2, 0) is 0 Å². The van der Waals surface area contributed by atoms with Crippen molar-refractivity contribution in [2.24, 2.45) is 5.73 Å². The number of likely N-dealkylation sites (N-methyl/N-ethyl adjacent to an activating group) is 1. The molecule has 1 saturated carbocycles. The molecule has 0 radical (unpaired) electrons. The van der Waals surface area contributed by atoms with Crippen molar-refractivity contribution in [2.75, 3.05) is 6.54 Å². The van der Waals surface area contributed by atoms with Gasteiger partial charge in [0.2, 0.25) is 0 Å². The maximum atomic E-state index is 6.38. The molecule has 2 nitrogen and oxygen atoms in total. The quantitative estimate of drug-likeness (QED) is 0.841. The number of nitrogens with zero attached hydrogens (tertiary/aromatic N) is 1. The van der Waals surface area contributed by atoms with Gasteiger partial charge in [-0.3, -0.25) is 4.90 Å². The zero-order valence-corrected chi connectivity index (χ0v) is 12.0. The van der Waals surface area contributed by atoms with E-state index in [1.54, 1.807) is 0 Å². The monoisotopic (exact) mass is 252 g/mol. The van der Waals surface area contributed by atoms with Gasteiger partial charge in [0.05, 0.1) is 6.04 Å². The van der Waals surface area contributed by atoms with Crippen molar-refractivity contribution in [1.82, 2.24) is 4.90 Å². The van der Waals surface area contributed by atoms with Crippen molar-refractivity contribution in [3.8, 4) is 0 Å². The average Bonchev–Trinajstić information content (AvgIpc) is 3.08. The van der Waals surface area contributed by atoms with Crippen LogP contribution in [0.3, 0.4) is 0 Å². The van der Waals surface area contributed by atoms with Gasteiger partial charge in [-0.1, -0.05) is 13.8 Å². The summed E-state index contributed by atoms with van der Waals surface area (Å²) in [6.07, 6.45) is 3.75. The van der Waals surface area contributed by atoms with Crippen LogP contribution >= 0.6 is 11.3 Å². The molecule has 1 aliphatic rings. The predicted molar refractivity (Wildman–Crippen MR) is 75.5 cm³/mol. The van der Waals surface area contributed by atoms with E-state index in [9.17, 15) is 0 Å². The Morgan fingerprint density at radius 2 is 2.18 bits per heavy atom. The van der Waals surface area contributed by atoms with E-state index >= 15 is 0 Å². The van der Waals surface area contributed by atoms with Gasteiger partial charge in [0, 0.05) is 17.0 Å². The topological polar surface area (TPSA) is 29.3 Å². The Hall–Kier alpha value is -0.380. The minimum atomic E-state index is 0.257. The molecular formula is C14H24N2S. The molecule has 17 heavy (non-hydrogen) atoms.